The monoisotopic (exact) mass is 378 g/mol. The number of aromatic nitrogens is 1. The third-order valence-electron chi connectivity index (χ3n) is 5.13. The summed E-state index contributed by atoms with van der Waals surface area (Å²) in [5, 5.41) is 0. The lowest BCUT2D eigenvalue weighted by Crippen LogP contribution is -2.36. The second kappa shape index (κ2) is 7.58. The van der Waals surface area contributed by atoms with Crippen molar-refractivity contribution < 1.29 is 13.6 Å². The molecule has 0 bridgehead atoms. The van der Waals surface area contributed by atoms with Crippen molar-refractivity contribution in [2.24, 2.45) is 0 Å². The number of aryl methyl sites for hydroxylation is 4. The number of carbonyl (C=O) groups is 1. The van der Waals surface area contributed by atoms with Crippen molar-refractivity contribution in [2.45, 2.75) is 39.5 Å². The van der Waals surface area contributed by atoms with Crippen LogP contribution in [0.25, 0.3) is 11.3 Å². The predicted molar refractivity (Wildman–Crippen MR) is 107 cm³/mol. The number of oxazole rings is 1. The summed E-state index contributed by atoms with van der Waals surface area (Å²) in [6, 6.07) is 11.5. The van der Waals surface area contributed by atoms with Crippen molar-refractivity contribution in [3.8, 4) is 11.3 Å². The first-order valence-electron chi connectivity index (χ1n) is 9.62. The van der Waals surface area contributed by atoms with Crippen molar-refractivity contribution in [3.05, 3.63) is 71.0 Å². The van der Waals surface area contributed by atoms with Crippen LogP contribution in [-0.4, -0.2) is 17.4 Å². The van der Waals surface area contributed by atoms with E-state index in [2.05, 4.69) is 4.98 Å². The number of hydrogen-bond acceptors (Lipinski definition) is 3. The van der Waals surface area contributed by atoms with E-state index in [-0.39, 0.29) is 18.1 Å². The molecule has 0 radical (unpaired) electrons. The Kier molecular flexibility index (Phi) is 4.99. The SMILES string of the molecule is Cc1ccc(-c2cnc(CCC(=O)N3CCCc4cc(C)cc(F)c43)o2)cc1. The molecule has 144 valence electrons. The van der Waals surface area contributed by atoms with E-state index < -0.39 is 0 Å². The van der Waals surface area contributed by atoms with Gasteiger partial charge in [-0.1, -0.05) is 35.9 Å². The molecule has 2 aromatic carbocycles. The number of anilines is 1. The van der Waals surface area contributed by atoms with Gasteiger partial charge in [-0.25, -0.2) is 9.37 Å². The maximum atomic E-state index is 14.5. The van der Waals surface area contributed by atoms with Gasteiger partial charge < -0.3 is 9.32 Å². The van der Waals surface area contributed by atoms with Crippen LogP contribution in [0.4, 0.5) is 10.1 Å². The highest BCUT2D eigenvalue weighted by Gasteiger charge is 2.26. The zero-order chi connectivity index (χ0) is 19.7. The van der Waals surface area contributed by atoms with Gasteiger partial charge in [0.1, 0.15) is 5.82 Å². The number of benzene rings is 2. The first-order chi connectivity index (χ1) is 13.5. The molecule has 1 aliphatic rings. The Morgan fingerprint density at radius 2 is 1.96 bits per heavy atom. The molecule has 0 fully saturated rings. The molecular weight excluding hydrogens is 355 g/mol. The predicted octanol–water partition coefficient (Wildman–Crippen LogP) is 5.01. The van der Waals surface area contributed by atoms with Crippen LogP contribution in [0.1, 0.15) is 35.4 Å². The van der Waals surface area contributed by atoms with Gasteiger partial charge in [0.25, 0.3) is 0 Å². The molecule has 0 saturated heterocycles. The molecule has 4 nitrogen and oxygen atoms in total. The molecule has 28 heavy (non-hydrogen) atoms. The largest absolute Gasteiger partial charge is 0.441 e. The normalized spacial score (nSPS) is 13.5. The van der Waals surface area contributed by atoms with Crippen molar-refractivity contribution in [3.63, 3.8) is 0 Å². The van der Waals surface area contributed by atoms with Crippen LogP contribution in [0.3, 0.4) is 0 Å². The van der Waals surface area contributed by atoms with Crippen LogP contribution in [-0.2, 0) is 17.6 Å². The summed E-state index contributed by atoms with van der Waals surface area (Å²) in [5.74, 6) is 0.789. The van der Waals surface area contributed by atoms with E-state index in [1.165, 1.54) is 11.6 Å². The third kappa shape index (κ3) is 3.70. The Hall–Kier alpha value is -2.95. The Morgan fingerprint density at radius 3 is 2.75 bits per heavy atom. The minimum Gasteiger partial charge on any atom is -0.441 e. The number of halogens is 1. The molecule has 1 amide bonds. The standard InChI is InChI=1S/C23H23FN2O2/c1-15-5-7-17(8-6-15)20-14-25-21(28-20)9-10-22(27)26-11-3-4-18-12-16(2)13-19(24)23(18)26/h5-8,12-14H,3-4,9-11H2,1-2H3. The first-order valence-corrected chi connectivity index (χ1v) is 9.62. The number of nitrogens with zero attached hydrogens (tertiary/aromatic N) is 2. The van der Waals surface area contributed by atoms with Crippen LogP contribution in [0.2, 0.25) is 0 Å². The van der Waals surface area contributed by atoms with Gasteiger partial charge in [0, 0.05) is 24.9 Å². The van der Waals surface area contributed by atoms with E-state index in [0.717, 1.165) is 29.5 Å². The lowest BCUT2D eigenvalue weighted by molar-refractivity contribution is -0.118. The summed E-state index contributed by atoms with van der Waals surface area (Å²) in [5.41, 5.74) is 4.37. The van der Waals surface area contributed by atoms with Crippen LogP contribution in [0.15, 0.2) is 47.0 Å². The lowest BCUT2D eigenvalue weighted by atomic mass is 9.98. The zero-order valence-electron chi connectivity index (χ0n) is 16.2. The Labute approximate surface area is 164 Å². The average Bonchev–Trinajstić information content (AvgIpc) is 3.15. The second-order valence-electron chi connectivity index (χ2n) is 7.39. The van der Waals surface area contributed by atoms with Gasteiger partial charge in [-0.05, 0) is 43.9 Å². The summed E-state index contributed by atoms with van der Waals surface area (Å²) in [6.07, 6.45) is 3.96. The fourth-order valence-electron chi connectivity index (χ4n) is 3.71. The fourth-order valence-corrected chi connectivity index (χ4v) is 3.71. The maximum absolute atomic E-state index is 14.5. The van der Waals surface area contributed by atoms with E-state index in [9.17, 15) is 9.18 Å². The molecule has 0 atom stereocenters. The molecule has 2 heterocycles. The zero-order valence-corrected chi connectivity index (χ0v) is 16.2. The highest BCUT2D eigenvalue weighted by molar-refractivity contribution is 5.94. The molecule has 1 aromatic heterocycles. The van der Waals surface area contributed by atoms with E-state index in [1.807, 2.05) is 44.2 Å². The van der Waals surface area contributed by atoms with Crippen LogP contribution < -0.4 is 4.90 Å². The minimum atomic E-state index is -0.319. The van der Waals surface area contributed by atoms with Gasteiger partial charge in [-0.3, -0.25) is 4.79 Å². The Morgan fingerprint density at radius 1 is 1.18 bits per heavy atom. The van der Waals surface area contributed by atoms with Crippen LogP contribution >= 0.6 is 0 Å². The molecule has 1 aliphatic heterocycles. The van der Waals surface area contributed by atoms with Gasteiger partial charge in [-0.2, -0.15) is 0 Å². The van der Waals surface area contributed by atoms with Crippen LogP contribution in [0, 0.1) is 19.7 Å². The average molecular weight is 378 g/mol. The number of rotatable bonds is 4. The van der Waals surface area contributed by atoms with Gasteiger partial charge in [0.05, 0.1) is 11.9 Å². The summed E-state index contributed by atoms with van der Waals surface area (Å²) < 4.78 is 20.3. The summed E-state index contributed by atoms with van der Waals surface area (Å²) >= 11 is 0. The maximum Gasteiger partial charge on any atom is 0.227 e. The number of carbonyl (C=O) groups excluding carboxylic acids is 1. The van der Waals surface area contributed by atoms with Gasteiger partial charge in [-0.15, -0.1) is 0 Å². The third-order valence-corrected chi connectivity index (χ3v) is 5.13. The lowest BCUT2D eigenvalue weighted by Gasteiger charge is -2.30. The van der Waals surface area contributed by atoms with Gasteiger partial charge in [0.2, 0.25) is 5.91 Å². The van der Waals surface area contributed by atoms with E-state index >= 15 is 0 Å². The highest BCUT2D eigenvalue weighted by atomic mass is 19.1. The first kappa shape index (κ1) is 18.4. The summed E-state index contributed by atoms with van der Waals surface area (Å²) in [7, 11) is 0. The number of fused-ring (bicyclic) bond motifs is 1. The molecule has 0 spiro atoms. The number of hydrogen-bond donors (Lipinski definition) is 0. The van der Waals surface area contributed by atoms with E-state index in [1.54, 1.807) is 11.1 Å². The summed E-state index contributed by atoms with van der Waals surface area (Å²) in [6.45, 7) is 4.45. The minimum absolute atomic E-state index is 0.0983. The van der Waals surface area contributed by atoms with E-state index in [4.69, 9.17) is 4.42 Å². The second-order valence-corrected chi connectivity index (χ2v) is 7.39. The quantitative estimate of drug-likeness (QED) is 0.641. The van der Waals surface area contributed by atoms with Gasteiger partial charge >= 0.3 is 0 Å². The number of amides is 1. The molecule has 3 aromatic rings. The molecule has 5 heteroatoms. The highest BCUT2D eigenvalue weighted by Crippen LogP contribution is 2.32. The van der Waals surface area contributed by atoms with Gasteiger partial charge in [0.15, 0.2) is 11.7 Å². The fraction of sp³-hybridized carbons (Fsp3) is 0.304. The molecule has 4 rings (SSSR count). The Bertz CT molecular complexity index is 1010. The van der Waals surface area contributed by atoms with Crippen molar-refractivity contribution in [2.75, 3.05) is 11.4 Å². The molecule has 0 unspecified atom stereocenters. The topological polar surface area (TPSA) is 46.3 Å². The van der Waals surface area contributed by atoms with Crippen molar-refractivity contribution in [1.29, 1.82) is 0 Å². The molecule has 0 N–H and O–H groups in total. The Balaban J connectivity index is 1.45. The van der Waals surface area contributed by atoms with Crippen molar-refractivity contribution >= 4 is 11.6 Å². The molecular formula is C23H23FN2O2. The smallest absolute Gasteiger partial charge is 0.227 e. The van der Waals surface area contributed by atoms with Crippen molar-refractivity contribution in [1.82, 2.24) is 4.98 Å². The molecule has 0 aliphatic carbocycles. The van der Waals surface area contributed by atoms with E-state index in [0.29, 0.717) is 30.3 Å². The van der Waals surface area contributed by atoms with Crippen LogP contribution in [0.5, 0.6) is 0 Å². The summed E-state index contributed by atoms with van der Waals surface area (Å²) in [4.78, 5) is 18.7. The molecule has 0 saturated carbocycles.